The lowest BCUT2D eigenvalue weighted by Crippen LogP contribution is -2.35. The number of carbonyl (C=O) groups is 1. The van der Waals surface area contributed by atoms with Gasteiger partial charge in [-0.05, 0) is 13.0 Å². The first-order valence-corrected chi connectivity index (χ1v) is 7.83. The van der Waals surface area contributed by atoms with Crippen LogP contribution in [-0.2, 0) is 10.0 Å². The third kappa shape index (κ3) is 5.32. The average Bonchev–Trinajstić information content (AvgIpc) is 2.37. The molecule has 0 aliphatic carbocycles. The molecule has 0 saturated carbocycles. The van der Waals surface area contributed by atoms with E-state index in [0.29, 0.717) is 0 Å². The Balaban J connectivity index is 2.46. The Labute approximate surface area is 121 Å². The van der Waals surface area contributed by atoms with Gasteiger partial charge in [0.05, 0.1) is 16.3 Å². The Morgan fingerprint density at radius 3 is 2.63 bits per heavy atom. The number of sulfonamides is 1. The highest BCUT2D eigenvalue weighted by molar-refractivity contribution is 7.89. The van der Waals surface area contributed by atoms with Crippen LogP contribution >= 0.6 is 23.2 Å². The highest BCUT2D eigenvalue weighted by Gasteiger charge is 2.09. The summed E-state index contributed by atoms with van der Waals surface area (Å²) >= 11 is 11.4. The van der Waals surface area contributed by atoms with Crippen molar-refractivity contribution >= 4 is 39.1 Å². The Morgan fingerprint density at radius 2 is 2.05 bits per heavy atom. The van der Waals surface area contributed by atoms with Crippen LogP contribution in [0, 0.1) is 0 Å². The Morgan fingerprint density at radius 1 is 1.37 bits per heavy atom. The van der Waals surface area contributed by atoms with Crippen molar-refractivity contribution in [2.45, 2.75) is 6.92 Å². The minimum Gasteiger partial charge on any atom is -0.351 e. The first-order chi connectivity index (χ1) is 8.85. The Hall–Kier alpha value is -0.890. The Bertz CT molecular complexity index is 563. The van der Waals surface area contributed by atoms with Crippen molar-refractivity contribution < 1.29 is 13.2 Å². The standard InChI is InChI=1S/C10H13Cl2N3O3S/c1-2-19(17,18)15-4-3-13-10(16)7-5-8(11)9(12)14-6-7/h5-6,15H,2-4H2,1H3,(H,13,16). The lowest BCUT2D eigenvalue weighted by molar-refractivity contribution is 0.0954. The van der Waals surface area contributed by atoms with Crippen molar-refractivity contribution in [2.24, 2.45) is 0 Å². The number of nitrogens with zero attached hydrogens (tertiary/aromatic N) is 1. The lowest BCUT2D eigenvalue weighted by Gasteiger charge is -2.07. The molecule has 0 fully saturated rings. The van der Waals surface area contributed by atoms with E-state index in [4.69, 9.17) is 23.2 Å². The summed E-state index contributed by atoms with van der Waals surface area (Å²) in [4.78, 5) is 15.4. The van der Waals surface area contributed by atoms with Crippen LogP contribution in [0.2, 0.25) is 10.2 Å². The fraction of sp³-hybridized carbons (Fsp3) is 0.400. The minimum absolute atomic E-state index is 0.00232. The number of hydrogen-bond donors (Lipinski definition) is 2. The van der Waals surface area contributed by atoms with Gasteiger partial charge in [-0.2, -0.15) is 0 Å². The van der Waals surface area contributed by atoms with E-state index in [1.54, 1.807) is 0 Å². The van der Waals surface area contributed by atoms with Crippen LogP contribution in [0.3, 0.4) is 0 Å². The first kappa shape index (κ1) is 16.2. The zero-order chi connectivity index (χ0) is 14.5. The molecule has 0 bridgehead atoms. The molecule has 0 aromatic carbocycles. The molecule has 0 aliphatic heterocycles. The van der Waals surface area contributed by atoms with Gasteiger partial charge < -0.3 is 5.32 Å². The van der Waals surface area contributed by atoms with Gasteiger partial charge >= 0.3 is 0 Å². The fourth-order valence-corrected chi connectivity index (χ4v) is 2.02. The summed E-state index contributed by atoms with van der Waals surface area (Å²) in [6, 6.07) is 1.39. The van der Waals surface area contributed by atoms with Crippen molar-refractivity contribution in [1.29, 1.82) is 0 Å². The van der Waals surface area contributed by atoms with E-state index in [1.165, 1.54) is 19.2 Å². The van der Waals surface area contributed by atoms with E-state index in [2.05, 4.69) is 15.0 Å². The molecular formula is C10H13Cl2N3O3S. The second-order valence-electron chi connectivity index (χ2n) is 3.55. The summed E-state index contributed by atoms with van der Waals surface area (Å²) in [5.74, 6) is -0.403. The second kappa shape index (κ2) is 7.04. The van der Waals surface area contributed by atoms with Crippen molar-refractivity contribution in [1.82, 2.24) is 15.0 Å². The maximum Gasteiger partial charge on any atom is 0.252 e. The van der Waals surface area contributed by atoms with Gasteiger partial charge in [0.2, 0.25) is 10.0 Å². The molecule has 106 valence electrons. The molecule has 1 rings (SSSR count). The molecule has 2 N–H and O–H groups in total. The average molecular weight is 326 g/mol. The van der Waals surface area contributed by atoms with Gasteiger partial charge in [-0.1, -0.05) is 23.2 Å². The van der Waals surface area contributed by atoms with Crippen molar-refractivity contribution in [3.05, 3.63) is 28.0 Å². The molecular weight excluding hydrogens is 313 g/mol. The third-order valence-corrected chi connectivity index (χ3v) is 4.26. The third-order valence-electron chi connectivity index (χ3n) is 2.17. The Kier molecular flexibility index (Phi) is 5.99. The number of halogens is 2. The summed E-state index contributed by atoms with van der Waals surface area (Å²) in [5, 5.41) is 2.84. The van der Waals surface area contributed by atoms with Crippen LogP contribution in [0.5, 0.6) is 0 Å². The van der Waals surface area contributed by atoms with Crippen LogP contribution in [0.25, 0.3) is 0 Å². The largest absolute Gasteiger partial charge is 0.351 e. The fourth-order valence-electron chi connectivity index (χ4n) is 1.13. The van der Waals surface area contributed by atoms with Crippen LogP contribution in [0.4, 0.5) is 0 Å². The molecule has 1 amide bonds. The highest BCUT2D eigenvalue weighted by Crippen LogP contribution is 2.19. The monoisotopic (exact) mass is 325 g/mol. The predicted molar refractivity (Wildman–Crippen MR) is 74.1 cm³/mol. The zero-order valence-electron chi connectivity index (χ0n) is 10.1. The molecule has 0 saturated heterocycles. The zero-order valence-corrected chi connectivity index (χ0v) is 12.4. The van der Waals surface area contributed by atoms with E-state index in [0.717, 1.165) is 0 Å². The van der Waals surface area contributed by atoms with E-state index in [-0.39, 0.29) is 34.6 Å². The van der Waals surface area contributed by atoms with Crippen molar-refractivity contribution in [3.63, 3.8) is 0 Å². The normalized spacial score (nSPS) is 11.3. The predicted octanol–water partition coefficient (Wildman–Crippen LogP) is 1.06. The summed E-state index contributed by atoms with van der Waals surface area (Å²) in [7, 11) is -3.25. The van der Waals surface area contributed by atoms with Gasteiger partial charge in [0.15, 0.2) is 0 Å². The number of carbonyl (C=O) groups excluding carboxylic acids is 1. The molecule has 0 radical (unpaired) electrons. The van der Waals surface area contributed by atoms with Crippen LogP contribution in [0.15, 0.2) is 12.3 Å². The topological polar surface area (TPSA) is 88.2 Å². The number of amides is 1. The van der Waals surface area contributed by atoms with Crippen LogP contribution < -0.4 is 10.0 Å². The number of hydrogen-bond acceptors (Lipinski definition) is 4. The molecule has 1 aromatic heterocycles. The number of nitrogens with one attached hydrogen (secondary N) is 2. The molecule has 0 aliphatic rings. The van der Waals surface area contributed by atoms with Gasteiger partial charge in [0.1, 0.15) is 5.15 Å². The van der Waals surface area contributed by atoms with Gasteiger partial charge in [-0.25, -0.2) is 18.1 Å². The molecule has 19 heavy (non-hydrogen) atoms. The summed E-state index contributed by atoms with van der Waals surface area (Å²) in [6.45, 7) is 1.82. The van der Waals surface area contributed by atoms with E-state index < -0.39 is 15.9 Å². The lowest BCUT2D eigenvalue weighted by atomic mass is 10.3. The van der Waals surface area contributed by atoms with Gasteiger partial charge in [0.25, 0.3) is 5.91 Å². The maximum atomic E-state index is 11.7. The summed E-state index contributed by atoms with van der Waals surface area (Å²) in [6.07, 6.45) is 1.29. The second-order valence-corrected chi connectivity index (χ2v) is 6.41. The SMILES string of the molecule is CCS(=O)(=O)NCCNC(=O)c1cnc(Cl)c(Cl)c1. The van der Waals surface area contributed by atoms with Crippen LogP contribution in [-0.4, -0.2) is 38.2 Å². The summed E-state index contributed by atoms with van der Waals surface area (Å²) in [5.41, 5.74) is 0.257. The molecule has 6 nitrogen and oxygen atoms in total. The smallest absolute Gasteiger partial charge is 0.252 e. The van der Waals surface area contributed by atoms with Gasteiger partial charge in [-0.3, -0.25) is 4.79 Å². The van der Waals surface area contributed by atoms with Crippen LogP contribution in [0.1, 0.15) is 17.3 Å². The molecule has 1 heterocycles. The highest BCUT2D eigenvalue weighted by atomic mass is 35.5. The minimum atomic E-state index is -3.25. The van der Waals surface area contributed by atoms with Crippen molar-refractivity contribution in [2.75, 3.05) is 18.8 Å². The molecule has 0 spiro atoms. The molecule has 9 heteroatoms. The molecule has 0 unspecified atom stereocenters. The number of rotatable bonds is 6. The number of pyridine rings is 1. The van der Waals surface area contributed by atoms with Gasteiger partial charge in [0, 0.05) is 19.3 Å². The van der Waals surface area contributed by atoms with Gasteiger partial charge in [-0.15, -0.1) is 0 Å². The quantitative estimate of drug-likeness (QED) is 0.604. The summed E-state index contributed by atoms with van der Waals surface area (Å²) < 4.78 is 24.6. The van der Waals surface area contributed by atoms with E-state index in [9.17, 15) is 13.2 Å². The van der Waals surface area contributed by atoms with E-state index in [1.807, 2.05) is 0 Å². The molecule has 0 atom stereocenters. The first-order valence-electron chi connectivity index (χ1n) is 5.42. The maximum absolute atomic E-state index is 11.7. The van der Waals surface area contributed by atoms with Crippen molar-refractivity contribution in [3.8, 4) is 0 Å². The number of aromatic nitrogens is 1. The van der Waals surface area contributed by atoms with E-state index >= 15 is 0 Å². The molecule has 1 aromatic rings.